The van der Waals surface area contributed by atoms with Crippen LogP contribution in [0.2, 0.25) is 0 Å². The second kappa shape index (κ2) is 11.3. The molecule has 0 amide bonds. The van der Waals surface area contributed by atoms with Gasteiger partial charge < -0.3 is 20.4 Å². The molecule has 2 aromatic rings. The molecule has 1 fully saturated rings. The topological polar surface area (TPSA) is 42.9 Å². The molecule has 2 unspecified atom stereocenters. The van der Waals surface area contributed by atoms with Crippen LogP contribution in [0.4, 0.5) is 10.1 Å². The number of benzene rings is 2. The second-order valence-corrected chi connectivity index (χ2v) is 7.40. The Morgan fingerprint density at radius 2 is 1.97 bits per heavy atom. The van der Waals surface area contributed by atoms with Crippen molar-refractivity contribution < 1.29 is 4.39 Å². The van der Waals surface area contributed by atoms with Gasteiger partial charge in [0.05, 0.1) is 6.04 Å². The first-order valence-electron chi connectivity index (χ1n) is 9.76. The highest BCUT2D eigenvalue weighted by Crippen LogP contribution is 2.20. The maximum Gasteiger partial charge on any atom is 0.191 e. The minimum absolute atomic E-state index is 0. The van der Waals surface area contributed by atoms with Gasteiger partial charge in [0.2, 0.25) is 0 Å². The summed E-state index contributed by atoms with van der Waals surface area (Å²) < 4.78 is 13.6. The minimum Gasteiger partial charge on any atom is -0.369 e. The number of rotatable bonds is 6. The third-order valence-corrected chi connectivity index (χ3v) is 5.19. The summed E-state index contributed by atoms with van der Waals surface area (Å²) in [5, 5.41) is 6.93. The van der Waals surface area contributed by atoms with Crippen molar-refractivity contribution in [1.29, 1.82) is 0 Å². The van der Waals surface area contributed by atoms with Gasteiger partial charge in [0.1, 0.15) is 5.82 Å². The first-order chi connectivity index (χ1) is 13.6. The molecule has 5 nitrogen and oxygen atoms in total. The van der Waals surface area contributed by atoms with E-state index in [2.05, 4.69) is 49.7 Å². The highest BCUT2D eigenvalue weighted by atomic mass is 127. The van der Waals surface area contributed by atoms with Gasteiger partial charge >= 0.3 is 0 Å². The summed E-state index contributed by atoms with van der Waals surface area (Å²) in [6, 6.07) is 17.7. The maximum absolute atomic E-state index is 13.6. The van der Waals surface area contributed by atoms with Crippen LogP contribution in [0.3, 0.4) is 0 Å². The molecule has 2 aromatic carbocycles. The molecule has 1 aliphatic rings. The molecule has 2 atom stereocenters. The molecule has 1 saturated heterocycles. The van der Waals surface area contributed by atoms with E-state index in [1.807, 2.05) is 26.2 Å². The Morgan fingerprint density at radius 3 is 2.62 bits per heavy atom. The van der Waals surface area contributed by atoms with E-state index >= 15 is 0 Å². The van der Waals surface area contributed by atoms with Gasteiger partial charge in [0.15, 0.2) is 5.96 Å². The van der Waals surface area contributed by atoms with Gasteiger partial charge in [-0.2, -0.15) is 0 Å². The van der Waals surface area contributed by atoms with Crippen molar-refractivity contribution in [2.75, 3.05) is 45.7 Å². The predicted octanol–water partition coefficient (Wildman–Crippen LogP) is 3.49. The van der Waals surface area contributed by atoms with Crippen molar-refractivity contribution in [3.05, 3.63) is 66.0 Å². The van der Waals surface area contributed by atoms with Crippen LogP contribution < -0.4 is 15.5 Å². The number of aliphatic imine (C=N–C) groups is 1. The van der Waals surface area contributed by atoms with E-state index in [4.69, 9.17) is 0 Å². The maximum atomic E-state index is 13.6. The Labute approximate surface area is 190 Å². The SMILES string of the molecule is CN=C(NCC(c1cccc(F)c1)N(C)C)NC1CCN(c2ccccc2)C1.I. The van der Waals surface area contributed by atoms with Gasteiger partial charge in [-0.15, -0.1) is 24.0 Å². The van der Waals surface area contributed by atoms with Gasteiger partial charge in [-0.25, -0.2) is 4.39 Å². The molecule has 1 aliphatic heterocycles. The van der Waals surface area contributed by atoms with Crippen LogP contribution in [0.15, 0.2) is 59.6 Å². The average Bonchev–Trinajstić information content (AvgIpc) is 3.16. The van der Waals surface area contributed by atoms with Crippen molar-refractivity contribution in [1.82, 2.24) is 15.5 Å². The van der Waals surface area contributed by atoms with E-state index in [0.29, 0.717) is 12.6 Å². The molecule has 0 aliphatic carbocycles. The van der Waals surface area contributed by atoms with E-state index in [1.165, 1.54) is 11.8 Å². The van der Waals surface area contributed by atoms with Crippen molar-refractivity contribution in [2.24, 2.45) is 4.99 Å². The molecular formula is C22H31FIN5. The third-order valence-electron chi connectivity index (χ3n) is 5.19. The summed E-state index contributed by atoms with van der Waals surface area (Å²) in [5.74, 6) is 0.571. The van der Waals surface area contributed by atoms with E-state index in [-0.39, 0.29) is 35.8 Å². The number of guanidine groups is 1. The zero-order chi connectivity index (χ0) is 19.9. The lowest BCUT2D eigenvalue weighted by atomic mass is 10.1. The molecule has 0 radical (unpaired) electrons. The fourth-order valence-corrected chi connectivity index (χ4v) is 3.65. The molecule has 158 valence electrons. The van der Waals surface area contributed by atoms with E-state index in [0.717, 1.165) is 31.0 Å². The number of nitrogens with zero attached hydrogens (tertiary/aromatic N) is 3. The molecule has 2 N–H and O–H groups in total. The molecule has 29 heavy (non-hydrogen) atoms. The van der Waals surface area contributed by atoms with Crippen LogP contribution in [-0.2, 0) is 0 Å². The Kier molecular flexibility index (Phi) is 9.16. The van der Waals surface area contributed by atoms with Crippen molar-refractivity contribution in [2.45, 2.75) is 18.5 Å². The summed E-state index contributed by atoms with van der Waals surface area (Å²) in [5.41, 5.74) is 2.21. The molecule has 0 aromatic heterocycles. The molecular weight excluding hydrogens is 480 g/mol. The van der Waals surface area contributed by atoms with Gasteiger partial charge in [-0.05, 0) is 50.3 Å². The van der Waals surface area contributed by atoms with Gasteiger partial charge in [0.25, 0.3) is 0 Å². The Balaban J connectivity index is 0.00000300. The predicted molar refractivity (Wildman–Crippen MR) is 130 cm³/mol. The van der Waals surface area contributed by atoms with Gasteiger partial charge in [0, 0.05) is 38.4 Å². The van der Waals surface area contributed by atoms with Crippen molar-refractivity contribution in [3.63, 3.8) is 0 Å². The number of para-hydroxylation sites is 1. The van der Waals surface area contributed by atoms with Crippen LogP contribution >= 0.6 is 24.0 Å². The largest absolute Gasteiger partial charge is 0.369 e. The lowest BCUT2D eigenvalue weighted by molar-refractivity contribution is 0.297. The number of nitrogens with one attached hydrogen (secondary N) is 2. The van der Waals surface area contributed by atoms with Crippen molar-refractivity contribution in [3.8, 4) is 0 Å². The normalized spacial score (nSPS) is 17.8. The lowest BCUT2D eigenvalue weighted by Gasteiger charge is -2.27. The third kappa shape index (κ3) is 6.57. The molecule has 0 spiro atoms. The number of hydrogen-bond donors (Lipinski definition) is 2. The molecule has 3 rings (SSSR count). The fraction of sp³-hybridized carbons (Fsp3) is 0.409. The van der Waals surface area contributed by atoms with Crippen LogP contribution in [0.25, 0.3) is 0 Å². The van der Waals surface area contributed by atoms with Gasteiger partial charge in [-0.3, -0.25) is 4.99 Å². The number of anilines is 1. The number of hydrogen-bond acceptors (Lipinski definition) is 3. The Morgan fingerprint density at radius 1 is 1.21 bits per heavy atom. The zero-order valence-electron chi connectivity index (χ0n) is 17.3. The van der Waals surface area contributed by atoms with Gasteiger partial charge in [-0.1, -0.05) is 30.3 Å². The highest BCUT2D eigenvalue weighted by molar-refractivity contribution is 14.0. The van der Waals surface area contributed by atoms with Crippen LogP contribution in [-0.4, -0.2) is 57.7 Å². The van der Waals surface area contributed by atoms with Crippen LogP contribution in [0.1, 0.15) is 18.0 Å². The second-order valence-electron chi connectivity index (χ2n) is 7.40. The minimum atomic E-state index is -0.209. The Bertz CT molecular complexity index is 784. The first-order valence-corrected chi connectivity index (χ1v) is 9.76. The zero-order valence-corrected chi connectivity index (χ0v) is 19.6. The molecule has 1 heterocycles. The molecule has 0 bridgehead atoms. The summed E-state index contributed by atoms with van der Waals surface area (Å²) in [6.07, 6.45) is 1.07. The summed E-state index contributed by atoms with van der Waals surface area (Å²) >= 11 is 0. The number of halogens is 2. The molecule has 7 heteroatoms. The Hall–Kier alpha value is -1.87. The van der Waals surface area contributed by atoms with Crippen molar-refractivity contribution >= 4 is 35.6 Å². The number of likely N-dealkylation sites (N-methyl/N-ethyl adjacent to an activating group) is 1. The average molecular weight is 511 g/mol. The van der Waals surface area contributed by atoms with E-state index < -0.39 is 0 Å². The quantitative estimate of drug-likeness (QED) is 0.354. The van der Waals surface area contributed by atoms with Crippen LogP contribution in [0, 0.1) is 5.82 Å². The lowest BCUT2D eigenvalue weighted by Crippen LogP contribution is -2.46. The standard InChI is InChI=1S/C22H30FN5.HI/c1-24-22(25-15-21(27(2)3)17-8-7-9-18(23)14-17)26-19-12-13-28(16-19)20-10-5-4-6-11-20;/h4-11,14,19,21H,12-13,15-16H2,1-3H3,(H2,24,25,26);1H. The first kappa shape index (κ1) is 23.4. The smallest absolute Gasteiger partial charge is 0.191 e. The highest BCUT2D eigenvalue weighted by Gasteiger charge is 2.24. The summed E-state index contributed by atoms with van der Waals surface area (Å²) in [4.78, 5) is 8.85. The fourth-order valence-electron chi connectivity index (χ4n) is 3.65. The van der Waals surface area contributed by atoms with E-state index in [9.17, 15) is 4.39 Å². The van der Waals surface area contributed by atoms with Crippen LogP contribution in [0.5, 0.6) is 0 Å². The monoisotopic (exact) mass is 511 g/mol. The summed E-state index contributed by atoms with van der Waals surface area (Å²) in [7, 11) is 5.79. The molecule has 0 saturated carbocycles. The van der Waals surface area contributed by atoms with E-state index in [1.54, 1.807) is 19.2 Å². The summed E-state index contributed by atoms with van der Waals surface area (Å²) in [6.45, 7) is 2.62.